The smallest absolute Gasteiger partial charge is 0.252 e. The highest BCUT2D eigenvalue weighted by Gasteiger charge is 2.30. The summed E-state index contributed by atoms with van der Waals surface area (Å²) >= 11 is 0. The number of benzene rings is 2. The number of primary amides is 1. The molecule has 160 valence electrons. The summed E-state index contributed by atoms with van der Waals surface area (Å²) in [5.74, 6) is -1.25. The Labute approximate surface area is 174 Å². The van der Waals surface area contributed by atoms with Crippen LogP contribution in [-0.2, 0) is 19.6 Å². The zero-order chi connectivity index (χ0) is 21.7. The largest absolute Gasteiger partial charge is 0.495 e. The van der Waals surface area contributed by atoms with E-state index in [0.717, 1.165) is 0 Å². The fourth-order valence-corrected chi connectivity index (χ4v) is 4.71. The third-order valence-corrected chi connectivity index (χ3v) is 6.63. The molecule has 0 spiro atoms. The van der Waals surface area contributed by atoms with Crippen molar-refractivity contribution >= 4 is 21.8 Å². The molecule has 1 saturated heterocycles. The van der Waals surface area contributed by atoms with Gasteiger partial charge in [-0.1, -0.05) is 30.3 Å². The summed E-state index contributed by atoms with van der Waals surface area (Å²) in [4.78, 5) is 24.5. The zero-order valence-corrected chi connectivity index (χ0v) is 17.2. The van der Waals surface area contributed by atoms with Crippen molar-refractivity contribution in [1.29, 1.82) is 0 Å². The van der Waals surface area contributed by atoms with E-state index < -0.39 is 27.9 Å². The monoisotopic (exact) mass is 433 g/mol. The second kappa shape index (κ2) is 9.24. The van der Waals surface area contributed by atoms with Crippen LogP contribution in [0.2, 0.25) is 0 Å². The molecule has 1 aliphatic heterocycles. The molecular weight excluding hydrogens is 410 g/mol. The summed E-state index contributed by atoms with van der Waals surface area (Å²) in [5, 5.41) is 2.56. The average Bonchev–Trinajstić information content (AvgIpc) is 2.77. The number of methoxy groups -OCH3 is 1. The van der Waals surface area contributed by atoms with E-state index in [1.807, 2.05) is 0 Å². The number of morpholine rings is 1. The fraction of sp³-hybridized carbons (Fsp3) is 0.300. The van der Waals surface area contributed by atoms with E-state index in [0.29, 0.717) is 18.8 Å². The van der Waals surface area contributed by atoms with Gasteiger partial charge in [-0.15, -0.1) is 0 Å². The maximum Gasteiger partial charge on any atom is 0.252 e. The highest BCUT2D eigenvalue weighted by atomic mass is 32.2. The first kappa shape index (κ1) is 21.8. The van der Waals surface area contributed by atoms with Gasteiger partial charge in [0.25, 0.3) is 5.91 Å². The molecule has 2 aromatic carbocycles. The highest BCUT2D eigenvalue weighted by molar-refractivity contribution is 7.89. The number of carbonyl (C=O) groups is 2. The van der Waals surface area contributed by atoms with E-state index in [-0.39, 0.29) is 29.3 Å². The van der Waals surface area contributed by atoms with Crippen LogP contribution in [0.3, 0.4) is 0 Å². The first-order chi connectivity index (χ1) is 14.3. The Kier molecular flexibility index (Phi) is 6.70. The van der Waals surface area contributed by atoms with Crippen LogP contribution in [0.4, 0.5) is 0 Å². The Hall–Kier alpha value is -2.95. The van der Waals surface area contributed by atoms with Crippen molar-refractivity contribution in [2.45, 2.75) is 10.9 Å². The minimum Gasteiger partial charge on any atom is -0.495 e. The molecule has 3 rings (SSSR count). The van der Waals surface area contributed by atoms with Gasteiger partial charge >= 0.3 is 0 Å². The Balaban J connectivity index is 1.92. The SMILES string of the molecule is COc1ccc(C(=O)NC(C(N)=O)c2ccccc2)cc1S(=O)(=O)N1CCOCC1. The predicted octanol–water partition coefficient (Wildman–Crippen LogP) is 0.673. The molecule has 30 heavy (non-hydrogen) atoms. The van der Waals surface area contributed by atoms with Crippen LogP contribution in [-0.4, -0.2) is 58.0 Å². The Morgan fingerprint density at radius 1 is 1.13 bits per heavy atom. The number of nitrogens with two attached hydrogens (primary N) is 1. The van der Waals surface area contributed by atoms with Gasteiger partial charge in [-0.3, -0.25) is 9.59 Å². The maximum absolute atomic E-state index is 13.1. The highest BCUT2D eigenvalue weighted by Crippen LogP contribution is 2.28. The second-order valence-corrected chi connectivity index (χ2v) is 8.51. The van der Waals surface area contributed by atoms with Crippen molar-refractivity contribution in [2.75, 3.05) is 33.4 Å². The van der Waals surface area contributed by atoms with Crippen molar-refractivity contribution in [2.24, 2.45) is 5.73 Å². The number of nitrogens with one attached hydrogen (secondary N) is 1. The first-order valence-electron chi connectivity index (χ1n) is 9.25. The fourth-order valence-electron chi connectivity index (χ4n) is 3.12. The van der Waals surface area contributed by atoms with E-state index in [1.54, 1.807) is 30.3 Å². The number of amides is 2. The molecule has 1 unspecified atom stereocenters. The van der Waals surface area contributed by atoms with Gasteiger partial charge in [-0.25, -0.2) is 8.42 Å². The molecule has 9 nitrogen and oxygen atoms in total. The van der Waals surface area contributed by atoms with Crippen molar-refractivity contribution in [3.8, 4) is 5.75 Å². The van der Waals surface area contributed by atoms with E-state index in [9.17, 15) is 18.0 Å². The van der Waals surface area contributed by atoms with Gasteiger partial charge in [-0.2, -0.15) is 4.31 Å². The summed E-state index contributed by atoms with van der Waals surface area (Å²) < 4.78 is 37.9. The molecule has 2 amide bonds. The third kappa shape index (κ3) is 4.61. The third-order valence-electron chi connectivity index (χ3n) is 4.71. The molecule has 0 bridgehead atoms. The molecule has 3 N–H and O–H groups in total. The summed E-state index contributed by atoms with van der Waals surface area (Å²) in [5.41, 5.74) is 6.03. The molecular formula is C20H23N3O6S. The number of rotatable bonds is 7. The zero-order valence-electron chi connectivity index (χ0n) is 16.4. The number of hydrogen-bond acceptors (Lipinski definition) is 6. The Morgan fingerprint density at radius 2 is 1.80 bits per heavy atom. The molecule has 2 aromatic rings. The number of nitrogens with zero attached hydrogens (tertiary/aromatic N) is 1. The average molecular weight is 433 g/mol. The minimum atomic E-state index is -3.90. The lowest BCUT2D eigenvalue weighted by atomic mass is 10.1. The minimum absolute atomic E-state index is 0.0600. The van der Waals surface area contributed by atoms with Gasteiger partial charge in [0.05, 0.1) is 20.3 Å². The van der Waals surface area contributed by atoms with E-state index in [1.165, 1.54) is 29.6 Å². The van der Waals surface area contributed by atoms with Gasteiger partial charge in [-0.05, 0) is 23.8 Å². The maximum atomic E-state index is 13.1. The summed E-state index contributed by atoms with van der Waals surface area (Å²) in [6, 6.07) is 11.6. The quantitative estimate of drug-likeness (QED) is 0.661. The summed E-state index contributed by atoms with van der Waals surface area (Å²) in [6.07, 6.45) is 0. The number of sulfonamides is 1. The van der Waals surface area contributed by atoms with Crippen molar-refractivity contribution in [1.82, 2.24) is 9.62 Å². The van der Waals surface area contributed by atoms with Gasteiger partial charge in [0.15, 0.2) is 0 Å². The van der Waals surface area contributed by atoms with Crippen LogP contribution in [0.25, 0.3) is 0 Å². The molecule has 1 atom stereocenters. The number of ether oxygens (including phenoxy) is 2. The molecule has 0 aromatic heterocycles. The molecule has 0 saturated carbocycles. The van der Waals surface area contributed by atoms with Crippen LogP contribution in [0, 0.1) is 0 Å². The van der Waals surface area contributed by atoms with Crippen molar-refractivity contribution in [3.63, 3.8) is 0 Å². The van der Waals surface area contributed by atoms with Gasteiger partial charge in [0.1, 0.15) is 16.7 Å². The molecule has 1 fully saturated rings. The summed E-state index contributed by atoms with van der Waals surface area (Å²) in [7, 11) is -2.55. The summed E-state index contributed by atoms with van der Waals surface area (Å²) in [6.45, 7) is 0.998. The first-order valence-corrected chi connectivity index (χ1v) is 10.7. The molecule has 1 heterocycles. The molecule has 10 heteroatoms. The topological polar surface area (TPSA) is 128 Å². The van der Waals surface area contributed by atoms with Crippen LogP contribution in [0.15, 0.2) is 53.4 Å². The lowest BCUT2D eigenvalue weighted by Crippen LogP contribution is -2.41. The van der Waals surface area contributed by atoms with Gasteiger partial charge < -0.3 is 20.5 Å². The normalized spacial score (nSPS) is 15.9. The van der Waals surface area contributed by atoms with E-state index in [2.05, 4.69) is 5.32 Å². The molecule has 0 radical (unpaired) electrons. The van der Waals surface area contributed by atoms with Crippen LogP contribution in [0.5, 0.6) is 5.75 Å². The van der Waals surface area contributed by atoms with Crippen molar-refractivity contribution < 1.29 is 27.5 Å². The van der Waals surface area contributed by atoms with Crippen molar-refractivity contribution in [3.05, 3.63) is 59.7 Å². The standard InChI is InChI=1S/C20H23N3O6S/c1-28-16-8-7-15(13-17(16)30(26,27)23-9-11-29-12-10-23)20(25)22-18(19(21)24)14-5-3-2-4-6-14/h2-8,13,18H,9-12H2,1H3,(H2,21,24)(H,22,25). The predicted molar refractivity (Wildman–Crippen MR) is 108 cm³/mol. The van der Waals surface area contributed by atoms with E-state index in [4.69, 9.17) is 15.2 Å². The molecule has 0 aliphatic carbocycles. The van der Waals surface area contributed by atoms with Crippen LogP contribution < -0.4 is 15.8 Å². The van der Waals surface area contributed by atoms with Gasteiger partial charge in [0, 0.05) is 18.7 Å². The lowest BCUT2D eigenvalue weighted by molar-refractivity contribution is -0.120. The lowest BCUT2D eigenvalue weighted by Gasteiger charge is -2.26. The van der Waals surface area contributed by atoms with Crippen LogP contribution >= 0.6 is 0 Å². The Morgan fingerprint density at radius 3 is 2.40 bits per heavy atom. The van der Waals surface area contributed by atoms with Gasteiger partial charge in [0.2, 0.25) is 15.9 Å². The second-order valence-electron chi connectivity index (χ2n) is 6.60. The van der Waals surface area contributed by atoms with E-state index >= 15 is 0 Å². The van der Waals surface area contributed by atoms with Crippen LogP contribution in [0.1, 0.15) is 22.0 Å². The molecule has 1 aliphatic rings. The Bertz CT molecular complexity index is 1020. The number of carbonyl (C=O) groups excluding carboxylic acids is 2. The number of hydrogen-bond donors (Lipinski definition) is 2.